The molecular weight excluding hydrogens is 246 g/mol. The molecule has 3 nitrogen and oxygen atoms in total. The number of hydrogen-bond acceptors (Lipinski definition) is 3. The molecule has 4 atom stereocenters. The van der Waals surface area contributed by atoms with Crippen LogP contribution in [0.5, 0.6) is 0 Å². The summed E-state index contributed by atoms with van der Waals surface area (Å²) >= 11 is 0. The van der Waals surface area contributed by atoms with Crippen LogP contribution in [0.4, 0.5) is 0 Å². The maximum absolute atomic E-state index is 6.44. The third-order valence-corrected chi connectivity index (χ3v) is 5.88. The van der Waals surface area contributed by atoms with Crippen molar-refractivity contribution >= 4 is 0 Å². The summed E-state index contributed by atoms with van der Waals surface area (Å²) in [5.41, 5.74) is 6.44. The van der Waals surface area contributed by atoms with Gasteiger partial charge in [0.15, 0.2) is 0 Å². The van der Waals surface area contributed by atoms with E-state index in [-0.39, 0.29) is 0 Å². The highest BCUT2D eigenvalue weighted by Gasteiger charge is 2.34. The Morgan fingerprint density at radius 2 is 1.50 bits per heavy atom. The maximum Gasteiger partial charge on any atom is 0.0110 e. The smallest absolute Gasteiger partial charge is 0.0110 e. The van der Waals surface area contributed by atoms with Gasteiger partial charge in [0.05, 0.1) is 0 Å². The van der Waals surface area contributed by atoms with E-state index in [1.54, 1.807) is 0 Å². The van der Waals surface area contributed by atoms with E-state index in [9.17, 15) is 0 Å². The molecule has 2 saturated carbocycles. The lowest BCUT2D eigenvalue weighted by atomic mass is 9.72. The summed E-state index contributed by atoms with van der Waals surface area (Å²) in [5.74, 6) is 3.39. The molecule has 0 aromatic heterocycles. The van der Waals surface area contributed by atoms with Crippen LogP contribution in [0.15, 0.2) is 0 Å². The van der Waals surface area contributed by atoms with Gasteiger partial charge in [0.25, 0.3) is 0 Å². The zero-order valence-corrected chi connectivity index (χ0v) is 13.4. The second kappa shape index (κ2) is 6.33. The van der Waals surface area contributed by atoms with Crippen molar-refractivity contribution in [1.82, 2.24) is 9.80 Å². The van der Waals surface area contributed by atoms with Crippen LogP contribution < -0.4 is 5.73 Å². The summed E-state index contributed by atoms with van der Waals surface area (Å²) in [6, 6.07) is 0.429. The molecule has 3 aliphatic rings. The van der Waals surface area contributed by atoms with E-state index < -0.39 is 0 Å². The normalized spacial score (nSPS) is 41.0. The molecule has 0 aromatic carbocycles. The van der Waals surface area contributed by atoms with E-state index in [1.165, 1.54) is 65.0 Å². The average Bonchev–Trinajstić information content (AvgIpc) is 3.20. The molecule has 116 valence electrons. The second-order valence-corrected chi connectivity index (χ2v) is 7.93. The van der Waals surface area contributed by atoms with Gasteiger partial charge in [-0.1, -0.05) is 13.8 Å². The van der Waals surface area contributed by atoms with Gasteiger partial charge in [-0.15, -0.1) is 0 Å². The Balaban J connectivity index is 1.43. The molecule has 0 aromatic rings. The first-order chi connectivity index (χ1) is 9.61. The summed E-state index contributed by atoms with van der Waals surface area (Å²) in [5, 5.41) is 0. The summed E-state index contributed by atoms with van der Waals surface area (Å²) in [6.07, 6.45) is 5.57. The Hall–Kier alpha value is -0.120. The number of nitrogens with two attached hydrogens (primary N) is 1. The van der Waals surface area contributed by atoms with Gasteiger partial charge in [-0.2, -0.15) is 0 Å². The third kappa shape index (κ3) is 3.75. The highest BCUT2D eigenvalue weighted by molar-refractivity contribution is 4.88. The first-order valence-electron chi connectivity index (χ1n) is 8.82. The molecule has 1 aliphatic heterocycles. The Labute approximate surface area is 124 Å². The molecule has 2 aliphatic carbocycles. The fraction of sp³-hybridized carbons (Fsp3) is 1.00. The van der Waals surface area contributed by atoms with Gasteiger partial charge in [0, 0.05) is 45.3 Å². The van der Waals surface area contributed by atoms with Crippen LogP contribution in [0.2, 0.25) is 0 Å². The minimum atomic E-state index is 0.429. The van der Waals surface area contributed by atoms with Gasteiger partial charge in [-0.3, -0.25) is 0 Å². The lowest BCUT2D eigenvalue weighted by Crippen LogP contribution is -2.52. The molecule has 4 unspecified atom stereocenters. The molecule has 2 N–H and O–H groups in total. The maximum atomic E-state index is 6.44. The molecule has 0 spiro atoms. The van der Waals surface area contributed by atoms with Crippen molar-refractivity contribution in [3.8, 4) is 0 Å². The molecule has 3 heteroatoms. The number of piperazine rings is 1. The predicted octanol–water partition coefficient (Wildman–Crippen LogP) is 2.02. The first kappa shape index (κ1) is 14.8. The van der Waals surface area contributed by atoms with E-state index in [2.05, 4.69) is 23.6 Å². The predicted molar refractivity (Wildman–Crippen MR) is 84.6 cm³/mol. The van der Waals surface area contributed by atoms with Crippen molar-refractivity contribution in [2.24, 2.45) is 29.4 Å². The van der Waals surface area contributed by atoms with Crippen LogP contribution in [0.25, 0.3) is 0 Å². The van der Waals surface area contributed by atoms with E-state index >= 15 is 0 Å². The molecule has 0 radical (unpaired) electrons. The fourth-order valence-electron chi connectivity index (χ4n) is 4.40. The third-order valence-electron chi connectivity index (χ3n) is 5.88. The van der Waals surface area contributed by atoms with Crippen molar-refractivity contribution in [1.29, 1.82) is 0 Å². The van der Waals surface area contributed by atoms with Gasteiger partial charge in [0.2, 0.25) is 0 Å². The van der Waals surface area contributed by atoms with Gasteiger partial charge >= 0.3 is 0 Å². The monoisotopic (exact) mass is 279 g/mol. The van der Waals surface area contributed by atoms with Crippen molar-refractivity contribution in [2.75, 3.05) is 39.3 Å². The van der Waals surface area contributed by atoms with Gasteiger partial charge in [-0.05, 0) is 49.4 Å². The lowest BCUT2D eigenvalue weighted by molar-refractivity contribution is 0.0757. The average molecular weight is 279 g/mol. The summed E-state index contributed by atoms with van der Waals surface area (Å²) < 4.78 is 0. The number of nitrogens with zero attached hydrogens (tertiary/aromatic N) is 2. The van der Waals surface area contributed by atoms with Crippen LogP contribution in [-0.2, 0) is 0 Å². The zero-order chi connectivity index (χ0) is 14.1. The molecule has 1 heterocycles. The minimum Gasteiger partial charge on any atom is -0.327 e. The van der Waals surface area contributed by atoms with Crippen LogP contribution in [-0.4, -0.2) is 55.1 Å². The summed E-state index contributed by atoms with van der Waals surface area (Å²) in [4.78, 5) is 5.36. The Morgan fingerprint density at radius 1 is 0.900 bits per heavy atom. The molecule has 1 saturated heterocycles. The van der Waals surface area contributed by atoms with Crippen LogP contribution >= 0.6 is 0 Å². The molecule has 0 bridgehead atoms. The lowest BCUT2D eigenvalue weighted by Gasteiger charge is -2.42. The van der Waals surface area contributed by atoms with Crippen molar-refractivity contribution in [3.63, 3.8) is 0 Å². The van der Waals surface area contributed by atoms with Crippen LogP contribution in [0, 0.1) is 23.7 Å². The second-order valence-electron chi connectivity index (χ2n) is 7.93. The molecule has 0 amide bonds. The van der Waals surface area contributed by atoms with Gasteiger partial charge < -0.3 is 15.5 Å². The van der Waals surface area contributed by atoms with Crippen molar-refractivity contribution in [2.45, 2.75) is 45.6 Å². The Morgan fingerprint density at radius 3 is 2.05 bits per heavy atom. The van der Waals surface area contributed by atoms with Crippen LogP contribution in [0.1, 0.15) is 39.5 Å². The van der Waals surface area contributed by atoms with Crippen molar-refractivity contribution in [3.05, 3.63) is 0 Å². The highest BCUT2D eigenvalue weighted by atomic mass is 15.3. The van der Waals surface area contributed by atoms with Gasteiger partial charge in [-0.25, -0.2) is 0 Å². The zero-order valence-electron chi connectivity index (χ0n) is 13.4. The molecule has 20 heavy (non-hydrogen) atoms. The molecule has 3 rings (SSSR count). The largest absolute Gasteiger partial charge is 0.327 e. The van der Waals surface area contributed by atoms with Crippen molar-refractivity contribution < 1.29 is 0 Å². The highest BCUT2D eigenvalue weighted by Crippen LogP contribution is 2.34. The van der Waals surface area contributed by atoms with E-state index in [0.29, 0.717) is 6.04 Å². The quantitative estimate of drug-likeness (QED) is 0.854. The van der Waals surface area contributed by atoms with E-state index in [0.717, 1.165) is 23.7 Å². The Bertz CT molecular complexity index is 295. The fourth-order valence-corrected chi connectivity index (χ4v) is 4.40. The molecular formula is C17H33N3. The topological polar surface area (TPSA) is 32.5 Å². The van der Waals surface area contributed by atoms with Crippen LogP contribution in [0.3, 0.4) is 0 Å². The standard InChI is InChI=1S/C17H33N3/c1-13-9-14(2)16(17(18)10-13)12-20-7-5-19(6-8-20)11-15-3-4-15/h13-17H,3-12,18H2,1-2H3. The Kier molecular flexibility index (Phi) is 4.68. The summed E-state index contributed by atoms with van der Waals surface area (Å²) in [7, 11) is 0. The number of hydrogen-bond donors (Lipinski definition) is 1. The van der Waals surface area contributed by atoms with Gasteiger partial charge in [0.1, 0.15) is 0 Å². The van der Waals surface area contributed by atoms with E-state index in [1.807, 2.05) is 0 Å². The van der Waals surface area contributed by atoms with E-state index in [4.69, 9.17) is 5.73 Å². The minimum absolute atomic E-state index is 0.429. The first-order valence-corrected chi connectivity index (χ1v) is 8.82. The SMILES string of the molecule is CC1CC(C)C(CN2CCN(CC3CC3)CC2)C(N)C1. The summed E-state index contributed by atoms with van der Waals surface area (Å²) in [6.45, 7) is 12.5. The molecule has 3 fully saturated rings. The number of rotatable bonds is 4.